The van der Waals surface area contributed by atoms with Gasteiger partial charge in [-0.15, -0.1) is 0 Å². The lowest BCUT2D eigenvalue weighted by Crippen LogP contribution is -2.47. The number of nitrogens with zero attached hydrogens (tertiary/aromatic N) is 1. The lowest BCUT2D eigenvalue weighted by atomic mass is 10.1. The first kappa shape index (κ1) is 14.8. The topological polar surface area (TPSA) is 68.7 Å². The van der Waals surface area contributed by atoms with Crippen molar-refractivity contribution < 1.29 is 13.9 Å². The maximum absolute atomic E-state index is 11.3. The SMILES string of the molecule is Cc1ccc(-c2cccc(CN3CCOC(C(N)=O)C3)c2)o1. The molecule has 0 saturated carbocycles. The van der Waals surface area contributed by atoms with Crippen LogP contribution in [-0.4, -0.2) is 36.6 Å². The third-order valence-electron chi connectivity index (χ3n) is 3.83. The molecule has 5 nitrogen and oxygen atoms in total. The zero-order chi connectivity index (χ0) is 15.5. The molecule has 2 aromatic rings. The number of benzene rings is 1. The molecule has 1 saturated heterocycles. The second kappa shape index (κ2) is 6.34. The van der Waals surface area contributed by atoms with E-state index in [2.05, 4.69) is 17.0 Å². The molecule has 22 heavy (non-hydrogen) atoms. The van der Waals surface area contributed by atoms with E-state index in [1.807, 2.05) is 31.2 Å². The normalized spacial score (nSPS) is 19.2. The van der Waals surface area contributed by atoms with Gasteiger partial charge in [0.25, 0.3) is 0 Å². The molecule has 1 aliphatic heterocycles. The minimum atomic E-state index is -0.510. The Kier molecular flexibility index (Phi) is 4.27. The van der Waals surface area contributed by atoms with Gasteiger partial charge in [0.15, 0.2) is 0 Å². The lowest BCUT2D eigenvalue weighted by Gasteiger charge is -2.31. The van der Waals surface area contributed by atoms with Crippen LogP contribution < -0.4 is 5.73 Å². The first-order chi connectivity index (χ1) is 10.6. The van der Waals surface area contributed by atoms with Crippen molar-refractivity contribution in [1.29, 1.82) is 0 Å². The second-order valence-electron chi connectivity index (χ2n) is 5.61. The van der Waals surface area contributed by atoms with E-state index < -0.39 is 12.0 Å². The van der Waals surface area contributed by atoms with Crippen LogP contribution >= 0.6 is 0 Å². The van der Waals surface area contributed by atoms with Crippen LogP contribution in [0.15, 0.2) is 40.8 Å². The van der Waals surface area contributed by atoms with Crippen molar-refractivity contribution in [3.8, 4) is 11.3 Å². The summed E-state index contributed by atoms with van der Waals surface area (Å²) < 4.78 is 11.0. The van der Waals surface area contributed by atoms with E-state index in [1.54, 1.807) is 0 Å². The molecule has 1 unspecified atom stereocenters. The summed E-state index contributed by atoms with van der Waals surface area (Å²) in [6, 6.07) is 12.2. The number of carbonyl (C=O) groups excluding carboxylic acids is 1. The number of primary amides is 1. The van der Waals surface area contributed by atoms with Crippen molar-refractivity contribution in [2.75, 3.05) is 19.7 Å². The Bertz CT molecular complexity index is 665. The number of hydrogen-bond acceptors (Lipinski definition) is 4. The Morgan fingerprint density at radius 1 is 1.36 bits per heavy atom. The molecule has 0 radical (unpaired) electrons. The highest BCUT2D eigenvalue weighted by Crippen LogP contribution is 2.23. The number of nitrogens with two attached hydrogens (primary N) is 1. The van der Waals surface area contributed by atoms with Crippen LogP contribution in [0, 0.1) is 6.92 Å². The van der Waals surface area contributed by atoms with Gasteiger partial charge in [-0.1, -0.05) is 18.2 Å². The number of morpholine rings is 1. The van der Waals surface area contributed by atoms with E-state index in [0.29, 0.717) is 13.2 Å². The quantitative estimate of drug-likeness (QED) is 0.937. The van der Waals surface area contributed by atoms with Crippen LogP contribution in [0.5, 0.6) is 0 Å². The number of furan rings is 1. The minimum absolute atomic E-state index is 0.399. The minimum Gasteiger partial charge on any atom is -0.461 e. The summed E-state index contributed by atoms with van der Waals surface area (Å²) in [5.74, 6) is 1.37. The molecule has 2 heterocycles. The van der Waals surface area contributed by atoms with Gasteiger partial charge in [-0.3, -0.25) is 9.69 Å². The third-order valence-corrected chi connectivity index (χ3v) is 3.83. The summed E-state index contributed by atoms with van der Waals surface area (Å²) in [6.45, 7) is 4.57. The van der Waals surface area contributed by atoms with Crippen LogP contribution in [-0.2, 0) is 16.1 Å². The average Bonchev–Trinajstić information content (AvgIpc) is 2.94. The van der Waals surface area contributed by atoms with Crippen LogP contribution in [0.2, 0.25) is 0 Å². The summed E-state index contributed by atoms with van der Waals surface area (Å²) in [4.78, 5) is 13.4. The molecule has 5 heteroatoms. The van der Waals surface area contributed by atoms with E-state index >= 15 is 0 Å². The van der Waals surface area contributed by atoms with Gasteiger partial charge in [0, 0.05) is 25.2 Å². The van der Waals surface area contributed by atoms with Gasteiger partial charge in [-0.2, -0.15) is 0 Å². The van der Waals surface area contributed by atoms with Gasteiger partial charge in [0.05, 0.1) is 6.61 Å². The molecular weight excluding hydrogens is 280 g/mol. The molecule has 1 aromatic heterocycles. The van der Waals surface area contributed by atoms with Gasteiger partial charge in [0.2, 0.25) is 5.91 Å². The van der Waals surface area contributed by atoms with Crippen LogP contribution in [0.25, 0.3) is 11.3 Å². The fraction of sp³-hybridized carbons (Fsp3) is 0.353. The van der Waals surface area contributed by atoms with Gasteiger partial charge in [-0.25, -0.2) is 0 Å². The number of rotatable bonds is 4. The zero-order valence-corrected chi connectivity index (χ0v) is 12.6. The molecular formula is C17H20N2O3. The molecule has 0 aliphatic carbocycles. The van der Waals surface area contributed by atoms with Crippen molar-refractivity contribution in [3.63, 3.8) is 0 Å². The van der Waals surface area contributed by atoms with Crippen molar-refractivity contribution in [3.05, 3.63) is 47.7 Å². The molecule has 1 fully saturated rings. The molecule has 0 bridgehead atoms. The van der Waals surface area contributed by atoms with Crippen LogP contribution in [0.4, 0.5) is 0 Å². The van der Waals surface area contributed by atoms with Crippen molar-refractivity contribution in [1.82, 2.24) is 4.90 Å². The number of aryl methyl sites for hydroxylation is 1. The number of carbonyl (C=O) groups is 1. The fourth-order valence-corrected chi connectivity index (χ4v) is 2.69. The fourth-order valence-electron chi connectivity index (χ4n) is 2.69. The lowest BCUT2D eigenvalue weighted by molar-refractivity contribution is -0.135. The van der Waals surface area contributed by atoms with Crippen molar-refractivity contribution >= 4 is 5.91 Å². The van der Waals surface area contributed by atoms with Crippen LogP contribution in [0.1, 0.15) is 11.3 Å². The van der Waals surface area contributed by atoms with Crippen molar-refractivity contribution in [2.45, 2.75) is 19.6 Å². The first-order valence-electron chi connectivity index (χ1n) is 7.41. The Morgan fingerprint density at radius 2 is 2.23 bits per heavy atom. The summed E-state index contributed by atoms with van der Waals surface area (Å²) in [5.41, 5.74) is 7.56. The van der Waals surface area contributed by atoms with Gasteiger partial charge >= 0.3 is 0 Å². The van der Waals surface area contributed by atoms with Gasteiger partial charge in [0.1, 0.15) is 17.6 Å². The summed E-state index contributed by atoms with van der Waals surface area (Å²) >= 11 is 0. The third kappa shape index (κ3) is 3.37. The first-order valence-corrected chi connectivity index (χ1v) is 7.41. The standard InChI is InChI=1S/C17H20N2O3/c1-12-5-6-15(22-12)14-4-2-3-13(9-14)10-19-7-8-21-16(11-19)17(18)20/h2-6,9,16H,7-8,10-11H2,1H3,(H2,18,20). The number of hydrogen-bond donors (Lipinski definition) is 1. The molecule has 1 aliphatic rings. The van der Waals surface area contributed by atoms with Gasteiger partial charge < -0.3 is 14.9 Å². The summed E-state index contributed by atoms with van der Waals surface area (Å²) in [5, 5.41) is 0. The molecule has 1 amide bonds. The maximum atomic E-state index is 11.3. The highest BCUT2D eigenvalue weighted by molar-refractivity contribution is 5.79. The Balaban J connectivity index is 1.71. The molecule has 2 N–H and O–H groups in total. The average molecular weight is 300 g/mol. The van der Waals surface area contributed by atoms with Gasteiger partial charge in [-0.05, 0) is 30.7 Å². The second-order valence-corrected chi connectivity index (χ2v) is 5.61. The van der Waals surface area contributed by atoms with E-state index in [-0.39, 0.29) is 0 Å². The predicted octanol–water partition coefficient (Wildman–Crippen LogP) is 1.94. The van der Waals surface area contributed by atoms with E-state index in [0.717, 1.165) is 30.2 Å². The highest BCUT2D eigenvalue weighted by Gasteiger charge is 2.24. The smallest absolute Gasteiger partial charge is 0.247 e. The Morgan fingerprint density at radius 3 is 2.95 bits per heavy atom. The molecule has 116 valence electrons. The summed E-state index contributed by atoms with van der Waals surface area (Å²) in [6.07, 6.45) is -0.510. The highest BCUT2D eigenvalue weighted by atomic mass is 16.5. The van der Waals surface area contributed by atoms with Crippen LogP contribution in [0.3, 0.4) is 0 Å². The molecule has 1 atom stereocenters. The molecule has 0 spiro atoms. The largest absolute Gasteiger partial charge is 0.461 e. The summed E-state index contributed by atoms with van der Waals surface area (Å²) in [7, 11) is 0. The molecule has 1 aromatic carbocycles. The Labute approximate surface area is 129 Å². The number of amides is 1. The van der Waals surface area contributed by atoms with E-state index in [9.17, 15) is 4.79 Å². The molecule has 3 rings (SSSR count). The maximum Gasteiger partial charge on any atom is 0.247 e. The Hall–Kier alpha value is -2.11. The van der Waals surface area contributed by atoms with Crippen molar-refractivity contribution in [2.24, 2.45) is 5.73 Å². The predicted molar refractivity (Wildman–Crippen MR) is 83.1 cm³/mol. The number of ether oxygens (including phenoxy) is 1. The van der Waals surface area contributed by atoms with E-state index in [4.69, 9.17) is 14.9 Å². The zero-order valence-electron chi connectivity index (χ0n) is 12.6. The van der Waals surface area contributed by atoms with E-state index in [1.165, 1.54) is 5.56 Å². The monoisotopic (exact) mass is 300 g/mol.